The topological polar surface area (TPSA) is 38.0 Å². The molecule has 0 aliphatic carbocycles. The van der Waals surface area contributed by atoms with Crippen LogP contribution in [0.2, 0.25) is 0 Å². The van der Waals surface area contributed by atoms with E-state index >= 15 is 0 Å². The minimum Gasteiger partial charge on any atom is -0.330 e. The summed E-state index contributed by atoms with van der Waals surface area (Å²) in [5.41, 5.74) is 5.35. The van der Waals surface area contributed by atoms with Crippen molar-refractivity contribution in [3.8, 4) is 0 Å². The number of nitrogens with two attached hydrogens (primary N) is 1. The number of hydrogen-bond donors (Lipinski definition) is 2. The van der Waals surface area contributed by atoms with Crippen molar-refractivity contribution < 1.29 is 0 Å². The van der Waals surface area contributed by atoms with Crippen LogP contribution in [0.15, 0.2) is 0 Å². The molecule has 1 unspecified atom stereocenters. The Labute approximate surface area is 199 Å². The van der Waals surface area contributed by atoms with E-state index in [-0.39, 0.29) is 0 Å². The SMILES string of the molecule is CCCCCCCCCCCCCCCCCCCCCC.CCNC(C)CCCN. The second-order valence-electron chi connectivity index (χ2n) is 9.75. The lowest BCUT2D eigenvalue weighted by Crippen LogP contribution is -2.25. The van der Waals surface area contributed by atoms with Crippen LogP contribution in [0.1, 0.15) is 169 Å². The smallest absolute Gasteiger partial charge is 0.00390 e. The summed E-state index contributed by atoms with van der Waals surface area (Å²) in [7, 11) is 0. The van der Waals surface area contributed by atoms with Gasteiger partial charge in [-0.05, 0) is 32.9 Å². The predicted molar refractivity (Wildman–Crippen MR) is 145 cm³/mol. The first kappa shape index (κ1) is 33.1. The Kier molecular flexibility index (Phi) is 34.3. The van der Waals surface area contributed by atoms with E-state index in [9.17, 15) is 0 Å². The van der Waals surface area contributed by atoms with Crippen LogP contribution < -0.4 is 11.1 Å². The van der Waals surface area contributed by atoms with E-state index in [1.54, 1.807) is 0 Å². The van der Waals surface area contributed by atoms with E-state index in [2.05, 4.69) is 33.0 Å². The molecular formula is C29H64N2. The van der Waals surface area contributed by atoms with E-state index in [4.69, 9.17) is 5.73 Å². The van der Waals surface area contributed by atoms with Gasteiger partial charge in [-0.15, -0.1) is 0 Å². The molecule has 2 heteroatoms. The Bertz CT molecular complexity index is 260. The highest BCUT2D eigenvalue weighted by molar-refractivity contribution is 4.58. The summed E-state index contributed by atoms with van der Waals surface area (Å²) in [6.07, 6.45) is 31.7. The van der Waals surface area contributed by atoms with Crippen LogP contribution in [-0.2, 0) is 0 Å². The lowest BCUT2D eigenvalue weighted by molar-refractivity contribution is 0.516. The van der Waals surface area contributed by atoms with Crippen LogP contribution in [-0.4, -0.2) is 19.1 Å². The first-order valence-electron chi connectivity index (χ1n) is 14.7. The van der Waals surface area contributed by atoms with Crippen molar-refractivity contribution in [2.24, 2.45) is 5.73 Å². The van der Waals surface area contributed by atoms with Crippen molar-refractivity contribution in [3.63, 3.8) is 0 Å². The summed E-state index contributed by atoms with van der Waals surface area (Å²) in [5.74, 6) is 0. The van der Waals surface area contributed by atoms with Crippen LogP contribution in [0.3, 0.4) is 0 Å². The maximum absolute atomic E-state index is 5.35. The van der Waals surface area contributed by atoms with Gasteiger partial charge in [0.05, 0.1) is 0 Å². The zero-order valence-electron chi connectivity index (χ0n) is 22.6. The zero-order chi connectivity index (χ0) is 23.3. The van der Waals surface area contributed by atoms with Gasteiger partial charge in [0.15, 0.2) is 0 Å². The fourth-order valence-corrected chi connectivity index (χ4v) is 4.20. The van der Waals surface area contributed by atoms with Gasteiger partial charge in [-0.3, -0.25) is 0 Å². The van der Waals surface area contributed by atoms with E-state index in [1.165, 1.54) is 135 Å². The van der Waals surface area contributed by atoms with Crippen molar-refractivity contribution in [1.29, 1.82) is 0 Å². The number of rotatable bonds is 24. The monoisotopic (exact) mass is 441 g/mol. The van der Waals surface area contributed by atoms with Gasteiger partial charge < -0.3 is 11.1 Å². The first-order chi connectivity index (χ1) is 15.2. The molecule has 31 heavy (non-hydrogen) atoms. The molecule has 0 aliphatic rings. The van der Waals surface area contributed by atoms with E-state index in [0.29, 0.717) is 6.04 Å². The molecular weight excluding hydrogens is 376 g/mol. The molecule has 0 bridgehead atoms. The summed E-state index contributed by atoms with van der Waals surface area (Å²) in [6.45, 7) is 10.8. The molecule has 0 aromatic rings. The molecule has 3 N–H and O–H groups in total. The second kappa shape index (κ2) is 32.1. The highest BCUT2D eigenvalue weighted by Gasteiger charge is 1.96. The van der Waals surface area contributed by atoms with Gasteiger partial charge in [0, 0.05) is 6.04 Å². The normalized spacial score (nSPS) is 11.9. The van der Waals surface area contributed by atoms with Crippen molar-refractivity contribution in [2.75, 3.05) is 13.1 Å². The van der Waals surface area contributed by atoms with E-state index < -0.39 is 0 Å². The van der Waals surface area contributed by atoms with Gasteiger partial charge in [-0.1, -0.05) is 149 Å². The van der Waals surface area contributed by atoms with Crippen molar-refractivity contribution in [3.05, 3.63) is 0 Å². The Balaban J connectivity index is 0. The molecule has 2 nitrogen and oxygen atoms in total. The third-order valence-corrected chi connectivity index (χ3v) is 6.35. The third kappa shape index (κ3) is 34.7. The minimum absolute atomic E-state index is 0.638. The maximum Gasteiger partial charge on any atom is 0.00390 e. The highest BCUT2D eigenvalue weighted by atomic mass is 14.9. The van der Waals surface area contributed by atoms with Gasteiger partial charge in [0.2, 0.25) is 0 Å². The van der Waals surface area contributed by atoms with Gasteiger partial charge in [-0.25, -0.2) is 0 Å². The lowest BCUT2D eigenvalue weighted by Gasteiger charge is -2.09. The molecule has 0 aromatic heterocycles. The molecule has 0 radical (unpaired) electrons. The van der Waals surface area contributed by atoms with Crippen LogP contribution in [0.5, 0.6) is 0 Å². The fourth-order valence-electron chi connectivity index (χ4n) is 4.20. The molecule has 0 fully saturated rings. The average molecular weight is 441 g/mol. The van der Waals surface area contributed by atoms with Crippen LogP contribution in [0.4, 0.5) is 0 Å². The Morgan fingerprint density at radius 3 is 1.00 bits per heavy atom. The summed E-state index contributed by atoms with van der Waals surface area (Å²) < 4.78 is 0. The Hall–Kier alpha value is -0.0800. The fraction of sp³-hybridized carbons (Fsp3) is 1.00. The Morgan fingerprint density at radius 1 is 0.484 bits per heavy atom. The van der Waals surface area contributed by atoms with Crippen LogP contribution in [0.25, 0.3) is 0 Å². The summed E-state index contributed by atoms with van der Waals surface area (Å²) in [6, 6.07) is 0.638. The van der Waals surface area contributed by atoms with Crippen molar-refractivity contribution in [2.45, 2.75) is 175 Å². The maximum atomic E-state index is 5.35. The van der Waals surface area contributed by atoms with Crippen molar-refractivity contribution >= 4 is 0 Å². The summed E-state index contributed by atoms with van der Waals surface area (Å²) in [4.78, 5) is 0. The second-order valence-corrected chi connectivity index (χ2v) is 9.75. The van der Waals surface area contributed by atoms with E-state index in [0.717, 1.165) is 19.5 Å². The number of nitrogens with one attached hydrogen (secondary N) is 1. The van der Waals surface area contributed by atoms with Crippen LogP contribution >= 0.6 is 0 Å². The van der Waals surface area contributed by atoms with Gasteiger partial charge >= 0.3 is 0 Å². The average Bonchev–Trinajstić information content (AvgIpc) is 2.77. The third-order valence-electron chi connectivity index (χ3n) is 6.35. The molecule has 0 saturated heterocycles. The molecule has 0 spiro atoms. The molecule has 0 heterocycles. The Morgan fingerprint density at radius 2 is 0.774 bits per heavy atom. The molecule has 0 rings (SSSR count). The standard InChI is InChI=1S/C22H46.C7H18N2/c1-3-5-7-9-11-13-15-17-19-21-22-20-18-16-14-12-10-8-6-4-2;1-3-9-7(2)5-4-6-8/h3-22H2,1-2H3;7,9H,3-6,8H2,1-2H3. The van der Waals surface area contributed by atoms with Gasteiger partial charge in [0.1, 0.15) is 0 Å². The first-order valence-corrected chi connectivity index (χ1v) is 14.7. The number of unbranched alkanes of at least 4 members (excludes halogenated alkanes) is 19. The molecule has 0 aliphatic heterocycles. The van der Waals surface area contributed by atoms with Gasteiger partial charge in [-0.2, -0.15) is 0 Å². The molecule has 0 saturated carbocycles. The molecule has 1 atom stereocenters. The summed E-state index contributed by atoms with van der Waals surface area (Å²) >= 11 is 0. The van der Waals surface area contributed by atoms with E-state index in [1.807, 2.05) is 0 Å². The summed E-state index contributed by atoms with van der Waals surface area (Å²) in [5, 5.41) is 3.32. The number of hydrogen-bond acceptors (Lipinski definition) is 2. The predicted octanol–water partition coefficient (Wildman–Crippen LogP) is 9.55. The molecule has 0 amide bonds. The molecule has 0 aromatic carbocycles. The highest BCUT2D eigenvalue weighted by Crippen LogP contribution is 2.14. The van der Waals surface area contributed by atoms with Crippen LogP contribution in [0, 0.1) is 0 Å². The minimum atomic E-state index is 0.638. The molecule has 190 valence electrons. The zero-order valence-corrected chi connectivity index (χ0v) is 22.6. The quantitative estimate of drug-likeness (QED) is 0.147. The van der Waals surface area contributed by atoms with Gasteiger partial charge in [0.25, 0.3) is 0 Å². The van der Waals surface area contributed by atoms with Crippen molar-refractivity contribution in [1.82, 2.24) is 5.32 Å². The largest absolute Gasteiger partial charge is 0.330 e. The lowest BCUT2D eigenvalue weighted by atomic mass is 10.0.